The fraction of sp³-hybridized carbons (Fsp3) is 0.136. The van der Waals surface area contributed by atoms with Gasteiger partial charge in [0.2, 0.25) is 0 Å². The lowest BCUT2D eigenvalue weighted by atomic mass is 10.1. The molecule has 0 unspecified atom stereocenters. The van der Waals surface area contributed by atoms with Crippen molar-refractivity contribution >= 4 is 28.5 Å². The van der Waals surface area contributed by atoms with E-state index in [1.807, 2.05) is 67.6 Å². The molecule has 0 radical (unpaired) electrons. The Morgan fingerprint density at radius 3 is 2.48 bits per heavy atom. The van der Waals surface area contributed by atoms with Crippen molar-refractivity contribution in [2.75, 3.05) is 0 Å². The third-order valence-electron chi connectivity index (χ3n) is 4.54. The third-order valence-corrected chi connectivity index (χ3v) is 4.79. The van der Waals surface area contributed by atoms with Crippen molar-refractivity contribution in [3.63, 3.8) is 0 Å². The van der Waals surface area contributed by atoms with Crippen molar-refractivity contribution < 1.29 is 13.6 Å². The Morgan fingerprint density at radius 2 is 1.78 bits per heavy atom. The van der Waals surface area contributed by atoms with E-state index in [9.17, 15) is 4.79 Å². The highest BCUT2D eigenvalue weighted by atomic mass is 35.5. The molecule has 27 heavy (non-hydrogen) atoms. The number of para-hydroxylation sites is 1. The quantitative estimate of drug-likeness (QED) is 0.438. The zero-order valence-corrected chi connectivity index (χ0v) is 15.6. The number of hydrogen-bond donors (Lipinski definition) is 0. The molecule has 0 aliphatic heterocycles. The number of hydrogen-bond acceptors (Lipinski definition) is 3. The van der Waals surface area contributed by atoms with Crippen LogP contribution in [0.1, 0.15) is 27.4 Å². The zero-order chi connectivity index (χ0) is 18.8. The molecule has 2 heterocycles. The minimum absolute atomic E-state index is 0.171. The number of halogens is 1. The van der Waals surface area contributed by atoms with E-state index >= 15 is 0 Å². The molecule has 4 rings (SSSR count). The Morgan fingerprint density at radius 1 is 1.00 bits per heavy atom. The van der Waals surface area contributed by atoms with E-state index in [0.717, 1.165) is 16.5 Å². The number of rotatable bonds is 5. The molecule has 0 aliphatic carbocycles. The van der Waals surface area contributed by atoms with Crippen LogP contribution in [0, 0.1) is 6.92 Å². The first kappa shape index (κ1) is 17.4. The summed E-state index contributed by atoms with van der Waals surface area (Å²) in [6.07, 6.45) is 1.60. The minimum Gasteiger partial charge on any atom is -0.467 e. The van der Waals surface area contributed by atoms with Gasteiger partial charge in [0.15, 0.2) is 5.76 Å². The average molecular weight is 380 g/mol. The summed E-state index contributed by atoms with van der Waals surface area (Å²) in [5.41, 5.74) is 2.53. The van der Waals surface area contributed by atoms with Gasteiger partial charge in [-0.15, -0.1) is 0 Å². The second-order valence-electron chi connectivity index (χ2n) is 6.42. The Bertz CT molecular complexity index is 1060. The number of fused-ring (bicyclic) bond motifs is 1. The molecular formula is C22H18ClNO3. The molecule has 0 bridgehead atoms. The maximum Gasteiger partial charge on any atom is 0.290 e. The first-order valence-electron chi connectivity index (χ1n) is 8.66. The monoisotopic (exact) mass is 379 g/mol. The van der Waals surface area contributed by atoms with Crippen molar-refractivity contribution in [1.82, 2.24) is 4.90 Å². The van der Waals surface area contributed by atoms with Gasteiger partial charge in [-0.25, -0.2) is 0 Å². The van der Waals surface area contributed by atoms with Crippen LogP contribution in [0.25, 0.3) is 11.0 Å². The van der Waals surface area contributed by atoms with Crippen molar-refractivity contribution in [3.8, 4) is 0 Å². The van der Waals surface area contributed by atoms with Gasteiger partial charge in [-0.05, 0) is 42.8 Å². The summed E-state index contributed by atoms with van der Waals surface area (Å²) in [5.74, 6) is 0.901. The molecule has 0 aliphatic rings. The van der Waals surface area contributed by atoms with Gasteiger partial charge in [0.25, 0.3) is 5.91 Å². The highest BCUT2D eigenvalue weighted by Crippen LogP contribution is 2.27. The van der Waals surface area contributed by atoms with Crippen LogP contribution in [-0.4, -0.2) is 10.8 Å². The van der Waals surface area contributed by atoms with Crippen LogP contribution in [-0.2, 0) is 13.1 Å². The largest absolute Gasteiger partial charge is 0.467 e. The average Bonchev–Trinajstić information content (AvgIpc) is 3.31. The van der Waals surface area contributed by atoms with E-state index in [4.69, 9.17) is 20.4 Å². The van der Waals surface area contributed by atoms with Crippen molar-refractivity contribution in [2.24, 2.45) is 0 Å². The fourth-order valence-electron chi connectivity index (χ4n) is 3.12. The standard InChI is InChI=1S/C22H18ClNO3/c1-15-19-6-2-3-7-20(19)27-21(15)22(25)24(14-18-5-4-12-26-18)13-16-8-10-17(23)11-9-16/h2-12H,13-14H2,1H3. The van der Waals surface area contributed by atoms with E-state index in [1.165, 1.54) is 0 Å². The summed E-state index contributed by atoms with van der Waals surface area (Å²) in [4.78, 5) is 15.0. The molecule has 4 nitrogen and oxygen atoms in total. The van der Waals surface area contributed by atoms with Crippen LogP contribution < -0.4 is 0 Å². The van der Waals surface area contributed by atoms with E-state index < -0.39 is 0 Å². The lowest BCUT2D eigenvalue weighted by molar-refractivity contribution is 0.0686. The smallest absolute Gasteiger partial charge is 0.290 e. The second kappa shape index (κ2) is 7.33. The SMILES string of the molecule is Cc1c(C(=O)N(Cc2ccc(Cl)cc2)Cc2ccco2)oc2ccccc12. The molecule has 136 valence electrons. The fourth-order valence-corrected chi connectivity index (χ4v) is 3.25. The highest BCUT2D eigenvalue weighted by Gasteiger charge is 2.24. The maximum atomic E-state index is 13.3. The molecular weight excluding hydrogens is 362 g/mol. The van der Waals surface area contributed by atoms with Gasteiger partial charge in [-0.3, -0.25) is 4.79 Å². The number of aryl methyl sites for hydroxylation is 1. The Balaban J connectivity index is 1.68. The number of carbonyl (C=O) groups is 1. The number of amides is 1. The highest BCUT2D eigenvalue weighted by molar-refractivity contribution is 6.30. The molecule has 0 fully saturated rings. The number of nitrogens with zero attached hydrogens (tertiary/aromatic N) is 1. The van der Waals surface area contributed by atoms with E-state index in [2.05, 4.69) is 0 Å². The van der Waals surface area contributed by atoms with Crippen molar-refractivity contribution in [2.45, 2.75) is 20.0 Å². The van der Waals surface area contributed by atoms with Gasteiger partial charge >= 0.3 is 0 Å². The van der Waals surface area contributed by atoms with Crippen LogP contribution in [0.5, 0.6) is 0 Å². The molecule has 0 atom stereocenters. The zero-order valence-electron chi connectivity index (χ0n) is 14.8. The van der Waals surface area contributed by atoms with Gasteiger partial charge in [0.05, 0.1) is 12.8 Å². The van der Waals surface area contributed by atoms with Crippen LogP contribution in [0.3, 0.4) is 0 Å². The summed E-state index contributed by atoms with van der Waals surface area (Å²) in [7, 11) is 0. The van der Waals surface area contributed by atoms with Gasteiger partial charge < -0.3 is 13.7 Å². The number of furan rings is 2. The number of carbonyl (C=O) groups excluding carboxylic acids is 1. The Hall–Kier alpha value is -2.98. The van der Waals surface area contributed by atoms with Gasteiger partial charge in [0.1, 0.15) is 11.3 Å². The molecule has 2 aromatic heterocycles. The molecule has 1 amide bonds. The minimum atomic E-state index is -0.171. The van der Waals surface area contributed by atoms with E-state index in [0.29, 0.717) is 35.2 Å². The first-order valence-corrected chi connectivity index (χ1v) is 9.04. The van der Waals surface area contributed by atoms with Crippen molar-refractivity contribution in [3.05, 3.63) is 94.6 Å². The maximum absolute atomic E-state index is 13.3. The van der Waals surface area contributed by atoms with E-state index in [-0.39, 0.29) is 5.91 Å². The second-order valence-corrected chi connectivity index (χ2v) is 6.86. The summed E-state index contributed by atoms with van der Waals surface area (Å²) in [6, 6.07) is 18.8. The molecule has 0 saturated heterocycles. The van der Waals surface area contributed by atoms with E-state index in [1.54, 1.807) is 11.2 Å². The molecule has 0 N–H and O–H groups in total. The Labute approximate surface area is 162 Å². The van der Waals surface area contributed by atoms with Crippen LogP contribution in [0.2, 0.25) is 5.02 Å². The first-order chi connectivity index (χ1) is 13.1. The summed E-state index contributed by atoms with van der Waals surface area (Å²) in [6.45, 7) is 2.69. The van der Waals surface area contributed by atoms with Gasteiger partial charge in [-0.1, -0.05) is 41.9 Å². The molecule has 5 heteroatoms. The van der Waals surface area contributed by atoms with Gasteiger partial charge in [0, 0.05) is 22.5 Å². The predicted octanol–water partition coefficient (Wildman–Crippen LogP) is 5.83. The third kappa shape index (κ3) is 3.62. The molecule has 4 aromatic rings. The predicted molar refractivity (Wildman–Crippen MR) is 105 cm³/mol. The summed E-state index contributed by atoms with van der Waals surface area (Å²) in [5, 5.41) is 1.61. The van der Waals surface area contributed by atoms with Crippen molar-refractivity contribution in [1.29, 1.82) is 0 Å². The van der Waals surface area contributed by atoms with Crippen LogP contribution >= 0.6 is 11.6 Å². The summed E-state index contributed by atoms with van der Waals surface area (Å²) < 4.78 is 11.3. The topological polar surface area (TPSA) is 46.6 Å². The summed E-state index contributed by atoms with van der Waals surface area (Å²) >= 11 is 5.98. The lowest BCUT2D eigenvalue weighted by Crippen LogP contribution is -2.30. The Kier molecular flexibility index (Phi) is 4.73. The number of benzene rings is 2. The van der Waals surface area contributed by atoms with Crippen LogP contribution in [0.4, 0.5) is 0 Å². The van der Waals surface area contributed by atoms with Crippen LogP contribution in [0.15, 0.2) is 75.8 Å². The molecule has 0 saturated carbocycles. The normalized spacial score (nSPS) is 11.0. The molecule has 0 spiro atoms. The lowest BCUT2D eigenvalue weighted by Gasteiger charge is -2.21. The molecule has 2 aromatic carbocycles. The van der Waals surface area contributed by atoms with Gasteiger partial charge in [-0.2, -0.15) is 0 Å².